The van der Waals surface area contributed by atoms with Crippen LogP contribution in [0.5, 0.6) is 0 Å². The van der Waals surface area contributed by atoms with Crippen LogP contribution in [0.25, 0.3) is 0 Å². The number of pyridine rings is 1. The van der Waals surface area contributed by atoms with Gasteiger partial charge in [0.15, 0.2) is 5.96 Å². The average molecular weight is 385 g/mol. The minimum atomic E-state index is 0.816. The van der Waals surface area contributed by atoms with E-state index < -0.39 is 0 Å². The molecule has 0 aliphatic carbocycles. The minimum absolute atomic E-state index is 0.816. The molecule has 152 valence electrons. The fourth-order valence-electron chi connectivity index (χ4n) is 3.33. The molecule has 1 aliphatic rings. The SMILES string of the molecule is CCCCN=C(NCCn1cnnc1CC)N1CCN(c2ccccn2)CC1. The van der Waals surface area contributed by atoms with E-state index in [0.29, 0.717) is 0 Å². The maximum absolute atomic E-state index is 4.85. The summed E-state index contributed by atoms with van der Waals surface area (Å²) in [5.41, 5.74) is 0. The molecular formula is C20H32N8. The van der Waals surface area contributed by atoms with E-state index >= 15 is 0 Å². The first-order valence-corrected chi connectivity index (χ1v) is 10.4. The summed E-state index contributed by atoms with van der Waals surface area (Å²) < 4.78 is 2.11. The highest BCUT2D eigenvalue weighted by Crippen LogP contribution is 2.12. The van der Waals surface area contributed by atoms with Crippen molar-refractivity contribution < 1.29 is 0 Å². The Morgan fingerprint density at radius 1 is 1.18 bits per heavy atom. The van der Waals surface area contributed by atoms with Crippen molar-refractivity contribution in [3.63, 3.8) is 0 Å². The molecule has 3 heterocycles. The lowest BCUT2D eigenvalue weighted by Crippen LogP contribution is -2.53. The summed E-state index contributed by atoms with van der Waals surface area (Å²) in [6, 6.07) is 6.08. The minimum Gasteiger partial charge on any atom is -0.354 e. The van der Waals surface area contributed by atoms with Gasteiger partial charge in [0, 0.05) is 58.4 Å². The van der Waals surface area contributed by atoms with E-state index in [9.17, 15) is 0 Å². The predicted octanol–water partition coefficient (Wildman–Crippen LogP) is 1.80. The van der Waals surface area contributed by atoms with Gasteiger partial charge in [-0.3, -0.25) is 4.99 Å². The summed E-state index contributed by atoms with van der Waals surface area (Å²) in [6.45, 7) is 10.6. The summed E-state index contributed by atoms with van der Waals surface area (Å²) in [6.07, 6.45) is 6.83. The number of aryl methyl sites for hydroxylation is 1. The Labute approximate surface area is 167 Å². The number of rotatable bonds is 8. The van der Waals surface area contributed by atoms with Crippen molar-refractivity contribution in [2.75, 3.05) is 44.2 Å². The zero-order valence-electron chi connectivity index (χ0n) is 17.1. The van der Waals surface area contributed by atoms with E-state index in [4.69, 9.17) is 4.99 Å². The van der Waals surface area contributed by atoms with Crippen molar-refractivity contribution in [1.29, 1.82) is 0 Å². The highest BCUT2D eigenvalue weighted by Gasteiger charge is 2.20. The van der Waals surface area contributed by atoms with Crippen LogP contribution in [0.2, 0.25) is 0 Å². The summed E-state index contributed by atoms with van der Waals surface area (Å²) in [5.74, 6) is 3.09. The van der Waals surface area contributed by atoms with Gasteiger partial charge in [-0.1, -0.05) is 26.3 Å². The maximum Gasteiger partial charge on any atom is 0.194 e. The van der Waals surface area contributed by atoms with Gasteiger partial charge in [0.1, 0.15) is 18.0 Å². The van der Waals surface area contributed by atoms with Crippen molar-refractivity contribution in [3.8, 4) is 0 Å². The molecule has 1 N–H and O–H groups in total. The third kappa shape index (κ3) is 5.43. The predicted molar refractivity (Wildman–Crippen MR) is 113 cm³/mol. The topological polar surface area (TPSA) is 74.5 Å². The fraction of sp³-hybridized carbons (Fsp3) is 0.600. The maximum atomic E-state index is 4.85. The van der Waals surface area contributed by atoms with Gasteiger partial charge >= 0.3 is 0 Å². The number of unbranched alkanes of at least 4 members (excludes halogenated alkanes) is 1. The van der Waals surface area contributed by atoms with Crippen LogP contribution in [0.3, 0.4) is 0 Å². The van der Waals surface area contributed by atoms with Crippen LogP contribution in [0, 0.1) is 0 Å². The molecule has 0 atom stereocenters. The molecule has 2 aromatic rings. The van der Waals surface area contributed by atoms with E-state index in [-0.39, 0.29) is 0 Å². The molecule has 0 saturated carbocycles. The Morgan fingerprint density at radius 2 is 2.04 bits per heavy atom. The molecule has 2 aromatic heterocycles. The first-order chi connectivity index (χ1) is 13.8. The van der Waals surface area contributed by atoms with Gasteiger partial charge in [-0.25, -0.2) is 4.98 Å². The highest BCUT2D eigenvalue weighted by atomic mass is 15.4. The Balaban J connectivity index is 1.55. The molecule has 3 rings (SSSR count). The number of hydrogen-bond donors (Lipinski definition) is 1. The number of aliphatic imine (C=N–C) groups is 1. The first-order valence-electron chi connectivity index (χ1n) is 10.4. The molecule has 0 bridgehead atoms. The largest absolute Gasteiger partial charge is 0.354 e. The average Bonchev–Trinajstić information content (AvgIpc) is 3.21. The normalized spacial score (nSPS) is 15.1. The van der Waals surface area contributed by atoms with Gasteiger partial charge < -0.3 is 19.7 Å². The summed E-state index contributed by atoms with van der Waals surface area (Å²) in [7, 11) is 0. The smallest absolute Gasteiger partial charge is 0.194 e. The molecular weight excluding hydrogens is 352 g/mol. The van der Waals surface area contributed by atoms with Crippen molar-refractivity contribution >= 4 is 11.8 Å². The second kappa shape index (κ2) is 10.6. The first kappa shape index (κ1) is 20.1. The van der Waals surface area contributed by atoms with Crippen molar-refractivity contribution in [3.05, 3.63) is 36.5 Å². The number of piperazine rings is 1. The third-order valence-corrected chi connectivity index (χ3v) is 4.97. The Bertz CT molecular complexity index is 719. The molecule has 0 radical (unpaired) electrons. The Kier molecular flexibility index (Phi) is 7.63. The van der Waals surface area contributed by atoms with Crippen LogP contribution in [0.1, 0.15) is 32.5 Å². The van der Waals surface area contributed by atoms with Crippen LogP contribution in [-0.2, 0) is 13.0 Å². The molecule has 8 nitrogen and oxygen atoms in total. The second-order valence-electron chi connectivity index (χ2n) is 6.94. The van der Waals surface area contributed by atoms with Crippen LogP contribution in [0.4, 0.5) is 5.82 Å². The lowest BCUT2D eigenvalue weighted by molar-refractivity contribution is 0.369. The van der Waals surface area contributed by atoms with Crippen molar-refractivity contribution in [2.24, 2.45) is 4.99 Å². The number of aromatic nitrogens is 4. The van der Waals surface area contributed by atoms with Crippen LogP contribution in [0.15, 0.2) is 35.7 Å². The molecule has 0 spiro atoms. The van der Waals surface area contributed by atoms with Crippen LogP contribution < -0.4 is 10.2 Å². The molecule has 0 amide bonds. The molecule has 8 heteroatoms. The van der Waals surface area contributed by atoms with Gasteiger partial charge in [-0.15, -0.1) is 10.2 Å². The van der Waals surface area contributed by atoms with Gasteiger partial charge in [0.05, 0.1) is 0 Å². The van der Waals surface area contributed by atoms with E-state index in [1.54, 1.807) is 6.33 Å². The van der Waals surface area contributed by atoms with E-state index in [0.717, 1.165) is 82.7 Å². The van der Waals surface area contributed by atoms with Gasteiger partial charge in [-0.2, -0.15) is 0 Å². The van der Waals surface area contributed by atoms with Gasteiger partial charge in [-0.05, 0) is 18.6 Å². The zero-order chi connectivity index (χ0) is 19.6. The molecule has 1 fully saturated rings. The standard InChI is InChI=1S/C20H32N8/c1-3-5-9-22-20(23-11-12-28-17-24-25-18(28)4-2)27-15-13-26(14-16-27)19-8-6-7-10-21-19/h6-8,10,17H,3-5,9,11-16H2,1-2H3,(H,22,23). The number of hydrogen-bond acceptors (Lipinski definition) is 5. The number of nitrogens with one attached hydrogen (secondary N) is 1. The number of guanidine groups is 1. The monoisotopic (exact) mass is 384 g/mol. The number of nitrogens with zero attached hydrogens (tertiary/aromatic N) is 7. The molecule has 0 aromatic carbocycles. The number of anilines is 1. The molecule has 28 heavy (non-hydrogen) atoms. The highest BCUT2D eigenvalue weighted by molar-refractivity contribution is 5.80. The van der Waals surface area contributed by atoms with Gasteiger partial charge in [0.25, 0.3) is 0 Å². The van der Waals surface area contributed by atoms with Gasteiger partial charge in [0.2, 0.25) is 0 Å². The third-order valence-electron chi connectivity index (χ3n) is 4.97. The Hall–Kier alpha value is -2.64. The van der Waals surface area contributed by atoms with Crippen LogP contribution in [-0.4, -0.2) is 69.9 Å². The molecule has 1 saturated heterocycles. The summed E-state index contributed by atoms with van der Waals surface area (Å²) in [5, 5.41) is 11.7. The quantitative estimate of drug-likeness (QED) is 0.425. The molecule has 1 aliphatic heterocycles. The van der Waals surface area contributed by atoms with E-state index in [1.165, 1.54) is 0 Å². The lowest BCUT2D eigenvalue weighted by Gasteiger charge is -2.37. The molecule has 0 unspecified atom stereocenters. The lowest BCUT2D eigenvalue weighted by atomic mass is 10.3. The second-order valence-corrected chi connectivity index (χ2v) is 6.94. The summed E-state index contributed by atoms with van der Waals surface area (Å²) in [4.78, 5) is 14.0. The van der Waals surface area contributed by atoms with Crippen molar-refractivity contribution in [1.82, 2.24) is 30.0 Å². The van der Waals surface area contributed by atoms with Crippen LogP contribution >= 0.6 is 0 Å². The summed E-state index contributed by atoms with van der Waals surface area (Å²) >= 11 is 0. The fourth-order valence-corrected chi connectivity index (χ4v) is 3.33. The van der Waals surface area contributed by atoms with E-state index in [2.05, 4.69) is 54.8 Å². The van der Waals surface area contributed by atoms with Crippen molar-refractivity contribution in [2.45, 2.75) is 39.7 Å². The zero-order valence-corrected chi connectivity index (χ0v) is 17.1. The van der Waals surface area contributed by atoms with E-state index in [1.807, 2.05) is 18.3 Å². The Morgan fingerprint density at radius 3 is 2.75 bits per heavy atom.